The molecule has 0 aromatic heterocycles. The highest BCUT2D eigenvalue weighted by atomic mass is 19.1. The van der Waals surface area contributed by atoms with Crippen LogP contribution in [0.1, 0.15) is 53.4 Å². The molecule has 1 aliphatic rings. The molecular weight excluding hydrogens is 417 g/mol. The van der Waals surface area contributed by atoms with E-state index in [1.165, 1.54) is 0 Å². The summed E-state index contributed by atoms with van der Waals surface area (Å²) in [6.45, 7) is 9.57. The van der Waals surface area contributed by atoms with Crippen LogP contribution in [0.3, 0.4) is 0 Å². The van der Waals surface area contributed by atoms with Crippen LogP contribution in [-0.4, -0.2) is 23.0 Å². The molecule has 0 amide bonds. The molecule has 4 nitrogen and oxygen atoms in total. The molecule has 1 heterocycles. The fraction of sp³-hybridized carbons (Fsp3) is 0.321. The lowest BCUT2D eigenvalue weighted by molar-refractivity contribution is 0.0726. The minimum Gasteiger partial charge on any atom is -0.488 e. The minimum atomic E-state index is -0.614. The summed E-state index contributed by atoms with van der Waals surface area (Å²) >= 11 is 0. The normalized spacial score (nSPS) is 14.0. The first kappa shape index (κ1) is 23.0. The van der Waals surface area contributed by atoms with Crippen molar-refractivity contribution in [3.8, 4) is 11.5 Å². The fourth-order valence-electron chi connectivity index (χ4n) is 4.23. The maximum Gasteiger partial charge on any atom is 0.347 e. The SMILES string of the molecule is Cc1c(F)c2c(c(OCc3ccccc3)c1C(=O)Oc1ccccc1)CN(C(C)(C)C)CC2. The van der Waals surface area contributed by atoms with Gasteiger partial charge in [-0.05, 0) is 57.4 Å². The van der Waals surface area contributed by atoms with E-state index in [1.807, 2.05) is 36.4 Å². The molecule has 1 aliphatic heterocycles. The van der Waals surface area contributed by atoms with Crippen LogP contribution in [-0.2, 0) is 19.6 Å². The van der Waals surface area contributed by atoms with Crippen molar-refractivity contribution in [3.63, 3.8) is 0 Å². The molecule has 0 atom stereocenters. The standard InChI is InChI=1S/C28H30FNO3/c1-19-24(27(31)33-21-13-9-6-10-14-21)26(32-18-20-11-7-5-8-12-20)23-17-30(28(2,3)4)16-15-22(23)25(19)29/h5-14H,15-18H2,1-4H3. The van der Waals surface area contributed by atoms with E-state index in [0.717, 1.165) is 17.7 Å². The molecular formula is C28H30FNO3. The topological polar surface area (TPSA) is 38.8 Å². The Labute approximate surface area is 195 Å². The van der Waals surface area contributed by atoms with Gasteiger partial charge in [0.05, 0.1) is 0 Å². The summed E-state index contributed by atoms with van der Waals surface area (Å²) in [5.74, 6) is -0.130. The van der Waals surface area contributed by atoms with Crippen molar-refractivity contribution in [2.75, 3.05) is 6.54 Å². The van der Waals surface area contributed by atoms with Gasteiger partial charge in [-0.3, -0.25) is 4.90 Å². The van der Waals surface area contributed by atoms with Crippen molar-refractivity contribution in [2.45, 2.75) is 52.8 Å². The molecule has 0 saturated carbocycles. The Balaban J connectivity index is 1.80. The Bertz CT molecular complexity index is 1140. The Kier molecular flexibility index (Phi) is 6.52. The van der Waals surface area contributed by atoms with Gasteiger partial charge in [-0.2, -0.15) is 0 Å². The van der Waals surface area contributed by atoms with Crippen molar-refractivity contribution in [1.82, 2.24) is 4.90 Å². The highest BCUT2D eigenvalue weighted by Crippen LogP contribution is 2.39. The molecule has 33 heavy (non-hydrogen) atoms. The van der Waals surface area contributed by atoms with E-state index in [4.69, 9.17) is 9.47 Å². The summed E-state index contributed by atoms with van der Waals surface area (Å²) in [6.07, 6.45) is 0.564. The van der Waals surface area contributed by atoms with E-state index in [1.54, 1.807) is 31.2 Å². The van der Waals surface area contributed by atoms with E-state index in [9.17, 15) is 4.79 Å². The third-order valence-electron chi connectivity index (χ3n) is 6.15. The van der Waals surface area contributed by atoms with E-state index in [-0.39, 0.29) is 29.1 Å². The van der Waals surface area contributed by atoms with Gasteiger partial charge in [0.15, 0.2) is 0 Å². The lowest BCUT2D eigenvalue weighted by atomic mass is 9.89. The van der Waals surface area contributed by atoms with Gasteiger partial charge in [-0.15, -0.1) is 0 Å². The summed E-state index contributed by atoms with van der Waals surface area (Å²) in [7, 11) is 0. The fourth-order valence-corrected chi connectivity index (χ4v) is 4.23. The molecule has 0 spiro atoms. The molecule has 0 bridgehead atoms. The summed E-state index contributed by atoms with van der Waals surface area (Å²) in [4.78, 5) is 15.6. The molecule has 3 aromatic rings. The van der Waals surface area contributed by atoms with Crippen LogP contribution in [0.5, 0.6) is 11.5 Å². The molecule has 0 radical (unpaired) electrons. The van der Waals surface area contributed by atoms with Crippen molar-refractivity contribution in [1.29, 1.82) is 0 Å². The van der Waals surface area contributed by atoms with Gasteiger partial charge in [0.25, 0.3) is 0 Å². The molecule has 172 valence electrons. The van der Waals surface area contributed by atoms with Gasteiger partial charge in [-0.1, -0.05) is 48.5 Å². The van der Waals surface area contributed by atoms with E-state index >= 15 is 4.39 Å². The maximum absolute atomic E-state index is 15.5. The first-order valence-electron chi connectivity index (χ1n) is 11.3. The first-order chi connectivity index (χ1) is 15.8. The zero-order valence-corrected chi connectivity index (χ0v) is 19.7. The van der Waals surface area contributed by atoms with Crippen LogP contribution in [0.25, 0.3) is 0 Å². The van der Waals surface area contributed by atoms with Crippen LogP contribution >= 0.6 is 0 Å². The number of hydrogen-bond donors (Lipinski definition) is 0. The van der Waals surface area contributed by atoms with Crippen molar-refractivity contribution >= 4 is 5.97 Å². The van der Waals surface area contributed by atoms with Crippen LogP contribution in [0.2, 0.25) is 0 Å². The molecule has 0 unspecified atom stereocenters. The molecule has 5 heteroatoms. The number of fused-ring (bicyclic) bond motifs is 1. The molecule has 0 saturated heterocycles. The summed E-state index contributed by atoms with van der Waals surface area (Å²) in [5, 5.41) is 0. The number of halogens is 1. The highest BCUT2D eigenvalue weighted by molar-refractivity contribution is 5.96. The van der Waals surface area contributed by atoms with Crippen LogP contribution in [0, 0.1) is 12.7 Å². The maximum atomic E-state index is 15.5. The number of carbonyl (C=O) groups is 1. The predicted molar refractivity (Wildman–Crippen MR) is 127 cm³/mol. The largest absolute Gasteiger partial charge is 0.488 e. The number of esters is 1. The molecule has 0 fully saturated rings. The molecule has 0 N–H and O–H groups in total. The van der Waals surface area contributed by atoms with E-state index in [2.05, 4.69) is 25.7 Å². The zero-order valence-electron chi connectivity index (χ0n) is 19.7. The minimum absolute atomic E-state index is 0.0968. The summed E-state index contributed by atoms with van der Waals surface area (Å²) in [5.41, 5.74) is 2.66. The van der Waals surface area contributed by atoms with Gasteiger partial charge in [-0.25, -0.2) is 9.18 Å². The smallest absolute Gasteiger partial charge is 0.347 e. The van der Waals surface area contributed by atoms with Crippen molar-refractivity contribution < 1.29 is 18.7 Å². The molecule has 3 aromatic carbocycles. The molecule has 0 aliphatic carbocycles. The van der Waals surface area contributed by atoms with E-state index < -0.39 is 5.97 Å². The number of benzene rings is 3. The third kappa shape index (κ3) is 4.93. The predicted octanol–water partition coefficient (Wildman–Crippen LogP) is 6.09. The number of para-hydroxylation sites is 1. The Morgan fingerprint density at radius 2 is 1.64 bits per heavy atom. The highest BCUT2D eigenvalue weighted by Gasteiger charge is 2.34. The third-order valence-corrected chi connectivity index (χ3v) is 6.15. The van der Waals surface area contributed by atoms with Gasteiger partial charge in [0, 0.05) is 29.8 Å². The average Bonchev–Trinajstić information content (AvgIpc) is 2.80. The van der Waals surface area contributed by atoms with Crippen molar-refractivity contribution in [3.05, 3.63) is 94.3 Å². The van der Waals surface area contributed by atoms with Gasteiger partial charge in [0.2, 0.25) is 0 Å². The van der Waals surface area contributed by atoms with Gasteiger partial charge < -0.3 is 9.47 Å². The second kappa shape index (κ2) is 9.36. The quantitative estimate of drug-likeness (QED) is 0.351. The Morgan fingerprint density at radius 3 is 2.27 bits per heavy atom. The van der Waals surface area contributed by atoms with Crippen LogP contribution < -0.4 is 9.47 Å². The van der Waals surface area contributed by atoms with Gasteiger partial charge >= 0.3 is 5.97 Å². The lowest BCUT2D eigenvalue weighted by Crippen LogP contribution is -2.44. The Morgan fingerprint density at radius 1 is 1.00 bits per heavy atom. The first-order valence-corrected chi connectivity index (χ1v) is 11.3. The second-order valence-electron chi connectivity index (χ2n) is 9.42. The summed E-state index contributed by atoms with van der Waals surface area (Å²) < 4.78 is 27.4. The number of carbonyl (C=O) groups excluding carboxylic acids is 1. The van der Waals surface area contributed by atoms with Crippen molar-refractivity contribution in [2.24, 2.45) is 0 Å². The number of rotatable bonds is 5. The second-order valence-corrected chi connectivity index (χ2v) is 9.42. The average molecular weight is 448 g/mol. The van der Waals surface area contributed by atoms with Gasteiger partial charge in [0.1, 0.15) is 29.5 Å². The summed E-state index contributed by atoms with van der Waals surface area (Å²) in [6, 6.07) is 18.6. The zero-order chi connectivity index (χ0) is 23.6. The monoisotopic (exact) mass is 447 g/mol. The number of nitrogens with zero attached hydrogens (tertiary/aromatic N) is 1. The molecule has 4 rings (SSSR count). The van der Waals surface area contributed by atoms with E-state index in [0.29, 0.717) is 30.0 Å². The number of ether oxygens (including phenoxy) is 2. The van der Waals surface area contributed by atoms with Crippen LogP contribution in [0.4, 0.5) is 4.39 Å². The lowest BCUT2D eigenvalue weighted by Gasteiger charge is -2.40. The van der Waals surface area contributed by atoms with Crippen LogP contribution in [0.15, 0.2) is 60.7 Å². The number of hydrogen-bond acceptors (Lipinski definition) is 4. The Hall–Kier alpha value is -3.18.